The Labute approximate surface area is 51.5 Å². The molecule has 5 nitrogen and oxygen atoms in total. The van der Waals surface area contributed by atoms with Crippen LogP contribution < -0.4 is 11.5 Å². The molecule has 46 valence electrons. The third-order valence-electron chi connectivity index (χ3n) is 0.741. The minimum Gasteiger partial charge on any atom is -0.366 e. The molecule has 0 unspecified atom stereocenters. The zero-order valence-electron chi connectivity index (χ0n) is 4.46. The molecule has 0 aromatic carbocycles. The maximum atomic E-state index is 10.1. The summed E-state index contributed by atoms with van der Waals surface area (Å²) < 4.78 is 0. The van der Waals surface area contributed by atoms with Crippen LogP contribution in [0.1, 0.15) is 0 Å². The number of hydrogen-bond donors (Lipinski definition) is 2. The maximum absolute atomic E-state index is 10.1. The number of nitrogens with zero attached hydrogens (tertiary/aromatic N) is 2. The Morgan fingerprint density at radius 3 is 1.78 bits per heavy atom. The van der Waals surface area contributed by atoms with Crippen LogP contribution in [0, 0.1) is 22.7 Å². The van der Waals surface area contributed by atoms with Crippen LogP contribution in [0.5, 0.6) is 0 Å². The lowest BCUT2D eigenvalue weighted by molar-refractivity contribution is -0.119. The number of nitriles is 2. The van der Waals surface area contributed by atoms with Gasteiger partial charge in [-0.15, -0.1) is 0 Å². The summed E-state index contributed by atoms with van der Waals surface area (Å²) in [5.74, 6) is -1.13. The van der Waals surface area contributed by atoms with Gasteiger partial charge in [-0.25, -0.2) is 0 Å². The summed E-state index contributed by atoms with van der Waals surface area (Å²) in [5, 5.41) is 16.1. The molecule has 0 aliphatic carbocycles. The highest BCUT2D eigenvalue weighted by Gasteiger charge is 2.31. The van der Waals surface area contributed by atoms with Crippen LogP contribution in [0.15, 0.2) is 0 Å². The molecule has 0 aromatic rings. The van der Waals surface area contributed by atoms with Gasteiger partial charge in [0.1, 0.15) is 12.1 Å². The van der Waals surface area contributed by atoms with E-state index in [0.29, 0.717) is 0 Å². The van der Waals surface area contributed by atoms with Gasteiger partial charge in [0.25, 0.3) is 11.4 Å². The first-order valence-corrected chi connectivity index (χ1v) is 1.98. The fourth-order valence-electron chi connectivity index (χ4n) is 0.135. The van der Waals surface area contributed by atoms with Crippen molar-refractivity contribution in [1.29, 1.82) is 10.5 Å². The van der Waals surface area contributed by atoms with Crippen LogP contribution in [0.4, 0.5) is 0 Å². The highest BCUT2D eigenvalue weighted by Crippen LogP contribution is 1.92. The van der Waals surface area contributed by atoms with Gasteiger partial charge < -0.3 is 5.73 Å². The first-order chi connectivity index (χ1) is 4.06. The second-order valence-electron chi connectivity index (χ2n) is 1.40. The van der Waals surface area contributed by atoms with Gasteiger partial charge in [0.15, 0.2) is 0 Å². The van der Waals surface area contributed by atoms with Gasteiger partial charge in [0.05, 0.1) is 0 Å². The van der Waals surface area contributed by atoms with Crippen LogP contribution in [0.25, 0.3) is 0 Å². The van der Waals surface area contributed by atoms with E-state index in [1.807, 2.05) is 0 Å². The predicted molar refractivity (Wildman–Crippen MR) is 27.3 cm³/mol. The van der Waals surface area contributed by atoms with Crippen molar-refractivity contribution >= 4 is 5.91 Å². The molecule has 0 aromatic heterocycles. The van der Waals surface area contributed by atoms with Crippen molar-refractivity contribution in [2.24, 2.45) is 11.5 Å². The minimum absolute atomic E-state index is 1.13. The molecule has 0 atom stereocenters. The summed E-state index contributed by atoms with van der Waals surface area (Å²) in [5.41, 5.74) is 7.26. The smallest absolute Gasteiger partial charge is 0.269 e. The lowest BCUT2D eigenvalue weighted by Gasteiger charge is -2.03. The molecule has 9 heavy (non-hydrogen) atoms. The lowest BCUT2D eigenvalue weighted by atomic mass is 10.1. The van der Waals surface area contributed by atoms with Crippen molar-refractivity contribution in [2.45, 2.75) is 5.54 Å². The Balaban J connectivity index is 4.60. The Morgan fingerprint density at radius 1 is 1.44 bits per heavy atom. The highest BCUT2D eigenvalue weighted by molar-refractivity contribution is 5.90. The van der Waals surface area contributed by atoms with Crippen LogP contribution in [0.2, 0.25) is 0 Å². The predicted octanol–water partition coefficient (Wildman–Crippen LogP) is -1.78. The minimum atomic E-state index is -2.17. The largest absolute Gasteiger partial charge is 0.366 e. The number of carbonyl (C=O) groups is 1. The van der Waals surface area contributed by atoms with Crippen molar-refractivity contribution in [3.8, 4) is 12.1 Å². The molecule has 0 bridgehead atoms. The van der Waals surface area contributed by atoms with Crippen molar-refractivity contribution in [1.82, 2.24) is 0 Å². The monoisotopic (exact) mass is 124 g/mol. The Bertz CT molecular complexity index is 194. The van der Waals surface area contributed by atoms with Crippen molar-refractivity contribution in [3.63, 3.8) is 0 Å². The first-order valence-electron chi connectivity index (χ1n) is 1.98. The molecular formula is C4H4N4O. The number of hydrogen-bond acceptors (Lipinski definition) is 4. The second-order valence-corrected chi connectivity index (χ2v) is 1.40. The van der Waals surface area contributed by atoms with E-state index in [1.165, 1.54) is 12.1 Å². The van der Waals surface area contributed by atoms with Gasteiger partial charge in [0, 0.05) is 0 Å². The molecule has 0 saturated carbocycles. The van der Waals surface area contributed by atoms with E-state index in [9.17, 15) is 4.79 Å². The van der Waals surface area contributed by atoms with Gasteiger partial charge in [-0.2, -0.15) is 10.5 Å². The van der Waals surface area contributed by atoms with Gasteiger partial charge in [-0.3, -0.25) is 10.5 Å². The topological polar surface area (TPSA) is 117 Å². The molecule has 0 radical (unpaired) electrons. The van der Waals surface area contributed by atoms with Crippen molar-refractivity contribution in [3.05, 3.63) is 0 Å². The summed E-state index contributed by atoms with van der Waals surface area (Å²) in [6.07, 6.45) is 0. The summed E-state index contributed by atoms with van der Waals surface area (Å²) in [6, 6.07) is 2.54. The molecule has 0 heterocycles. The zero-order valence-corrected chi connectivity index (χ0v) is 4.46. The Hall–Kier alpha value is -1.59. The molecule has 0 rings (SSSR count). The number of nitrogens with two attached hydrogens (primary N) is 2. The SMILES string of the molecule is N#CC(N)(C#N)C(N)=O. The average molecular weight is 124 g/mol. The molecule has 0 spiro atoms. The fraction of sp³-hybridized carbons (Fsp3) is 0.250. The third-order valence-corrected chi connectivity index (χ3v) is 0.741. The number of primary amides is 1. The normalized spacial score (nSPS) is 9.22. The lowest BCUT2D eigenvalue weighted by Crippen LogP contribution is -2.49. The average Bonchev–Trinajstić information content (AvgIpc) is 1.86. The van der Waals surface area contributed by atoms with E-state index in [2.05, 4.69) is 5.73 Å². The molecule has 0 fully saturated rings. The summed E-state index contributed by atoms with van der Waals surface area (Å²) >= 11 is 0. The summed E-state index contributed by atoms with van der Waals surface area (Å²) in [4.78, 5) is 10.1. The molecule has 0 saturated heterocycles. The van der Waals surface area contributed by atoms with Crippen LogP contribution in [-0.4, -0.2) is 11.4 Å². The maximum Gasteiger partial charge on any atom is 0.269 e. The van der Waals surface area contributed by atoms with Crippen LogP contribution in [0.3, 0.4) is 0 Å². The summed E-state index contributed by atoms with van der Waals surface area (Å²) in [6.45, 7) is 0. The molecular weight excluding hydrogens is 120 g/mol. The Morgan fingerprint density at radius 2 is 1.78 bits per heavy atom. The summed E-state index contributed by atoms with van der Waals surface area (Å²) in [7, 11) is 0. The zero-order chi connectivity index (χ0) is 7.49. The van der Waals surface area contributed by atoms with Gasteiger partial charge in [0.2, 0.25) is 0 Å². The van der Waals surface area contributed by atoms with Crippen molar-refractivity contribution < 1.29 is 4.79 Å². The standard InChI is InChI=1S/C4H4N4O/c5-1-4(8,2-6)3(7)9/h8H2,(H2,7,9). The first kappa shape index (κ1) is 7.41. The van der Waals surface area contributed by atoms with E-state index in [4.69, 9.17) is 16.3 Å². The van der Waals surface area contributed by atoms with Gasteiger partial charge in [-0.1, -0.05) is 0 Å². The van der Waals surface area contributed by atoms with Crippen molar-refractivity contribution in [2.75, 3.05) is 0 Å². The molecule has 4 N–H and O–H groups in total. The molecule has 0 aliphatic heterocycles. The van der Waals surface area contributed by atoms with E-state index < -0.39 is 11.4 Å². The van der Waals surface area contributed by atoms with E-state index in [-0.39, 0.29) is 0 Å². The fourth-order valence-corrected chi connectivity index (χ4v) is 0.135. The number of rotatable bonds is 1. The second kappa shape index (κ2) is 2.12. The quantitative estimate of drug-likeness (QED) is 0.429. The third kappa shape index (κ3) is 1.15. The van der Waals surface area contributed by atoms with Crippen LogP contribution in [-0.2, 0) is 4.79 Å². The van der Waals surface area contributed by atoms with E-state index >= 15 is 0 Å². The van der Waals surface area contributed by atoms with E-state index in [1.54, 1.807) is 0 Å². The highest BCUT2D eigenvalue weighted by atomic mass is 16.1. The van der Waals surface area contributed by atoms with E-state index in [0.717, 1.165) is 0 Å². The van der Waals surface area contributed by atoms with Gasteiger partial charge in [-0.05, 0) is 0 Å². The molecule has 1 amide bonds. The molecule has 0 aliphatic rings. The van der Waals surface area contributed by atoms with Gasteiger partial charge >= 0.3 is 0 Å². The number of carbonyl (C=O) groups excluding carboxylic acids is 1. The molecule has 5 heteroatoms. The van der Waals surface area contributed by atoms with Crippen LogP contribution >= 0.6 is 0 Å². The Kier molecular flexibility index (Phi) is 1.74. The number of amides is 1.